The molecule has 0 bridgehead atoms. The van der Waals surface area contributed by atoms with Crippen molar-refractivity contribution in [3.05, 3.63) is 48.0 Å². The quantitative estimate of drug-likeness (QED) is 0.414. The predicted octanol–water partition coefficient (Wildman–Crippen LogP) is -0.244. The minimum absolute atomic E-state index is 0. The van der Waals surface area contributed by atoms with Crippen molar-refractivity contribution in [1.82, 2.24) is 4.57 Å². The van der Waals surface area contributed by atoms with Gasteiger partial charge in [0.05, 0.1) is 18.3 Å². The number of hydrogen-bond acceptors (Lipinski definition) is 1. The number of anilines is 1. The summed E-state index contributed by atoms with van der Waals surface area (Å²) < 4.78 is 41.8. The maximum atomic E-state index is 12.9. The van der Waals surface area contributed by atoms with Gasteiger partial charge in [-0.3, -0.25) is 4.90 Å². The van der Waals surface area contributed by atoms with Gasteiger partial charge >= 0.3 is 12.2 Å². The summed E-state index contributed by atoms with van der Waals surface area (Å²) in [6, 6.07) is 3.26. The molecule has 0 saturated heterocycles. The third kappa shape index (κ3) is 3.51. The first-order valence-electron chi connectivity index (χ1n) is 6.91. The van der Waals surface area contributed by atoms with E-state index in [0.29, 0.717) is 18.7 Å². The van der Waals surface area contributed by atoms with Crippen LogP contribution in [0.2, 0.25) is 0 Å². The Morgan fingerprint density at radius 3 is 2.65 bits per heavy atom. The molecule has 0 radical (unpaired) electrons. The van der Waals surface area contributed by atoms with Crippen LogP contribution >= 0.6 is 0 Å². The summed E-state index contributed by atoms with van der Waals surface area (Å²) in [4.78, 5) is 13.9. The lowest BCUT2D eigenvalue weighted by molar-refractivity contribution is -0.670. The molecule has 0 spiro atoms. The van der Waals surface area contributed by atoms with Crippen molar-refractivity contribution in [2.75, 3.05) is 11.4 Å². The van der Waals surface area contributed by atoms with Crippen LogP contribution in [0.3, 0.4) is 0 Å². The van der Waals surface area contributed by atoms with Crippen molar-refractivity contribution in [3.63, 3.8) is 0 Å². The minimum Gasteiger partial charge on any atom is -1.00 e. The topological polar surface area (TPSA) is 29.1 Å². The summed E-state index contributed by atoms with van der Waals surface area (Å²) in [6.45, 7) is 0.412. The largest absolute Gasteiger partial charge is 1.00 e. The number of carbonyl (C=O) groups is 1. The number of amides is 1. The fourth-order valence-electron chi connectivity index (χ4n) is 2.65. The van der Waals surface area contributed by atoms with Crippen LogP contribution in [0.25, 0.3) is 0 Å². The first-order chi connectivity index (χ1) is 10.4. The summed E-state index contributed by atoms with van der Waals surface area (Å²) in [6.07, 6.45) is 1.87. The first kappa shape index (κ1) is 17.8. The van der Waals surface area contributed by atoms with Crippen LogP contribution in [-0.2, 0) is 19.6 Å². The van der Waals surface area contributed by atoms with Gasteiger partial charge in [0.15, 0.2) is 0 Å². The number of benzene rings is 1. The van der Waals surface area contributed by atoms with Gasteiger partial charge in [-0.15, -0.1) is 0 Å². The van der Waals surface area contributed by atoms with E-state index in [2.05, 4.69) is 0 Å². The average Bonchev–Trinajstić information content (AvgIpc) is 2.91. The molecule has 2 aromatic rings. The molecule has 3 rings (SSSR count). The summed E-state index contributed by atoms with van der Waals surface area (Å²) >= 11 is 0. The molecular formula is C15H15F3IN3O. The van der Waals surface area contributed by atoms with Gasteiger partial charge in [0.25, 0.3) is 6.33 Å². The number of carbonyl (C=O) groups excluding carboxylic acids is 1. The van der Waals surface area contributed by atoms with Crippen LogP contribution < -0.4 is 33.4 Å². The van der Waals surface area contributed by atoms with Gasteiger partial charge in [0.2, 0.25) is 0 Å². The molecule has 23 heavy (non-hydrogen) atoms. The van der Waals surface area contributed by atoms with E-state index in [1.807, 2.05) is 0 Å². The van der Waals surface area contributed by atoms with Crippen molar-refractivity contribution < 1.29 is 46.5 Å². The molecule has 124 valence electrons. The van der Waals surface area contributed by atoms with Gasteiger partial charge in [-0.25, -0.2) is 9.36 Å². The van der Waals surface area contributed by atoms with E-state index in [1.165, 1.54) is 15.5 Å². The molecule has 1 amide bonds. The Hall–Kier alpha value is -1.58. The normalized spacial score (nSPS) is 14.2. The Morgan fingerprint density at radius 1 is 1.30 bits per heavy atom. The Balaban J connectivity index is 0.00000192. The van der Waals surface area contributed by atoms with E-state index in [0.717, 1.165) is 24.1 Å². The van der Waals surface area contributed by atoms with Crippen molar-refractivity contribution in [2.24, 2.45) is 7.05 Å². The number of alkyl halides is 3. The second-order valence-corrected chi connectivity index (χ2v) is 5.37. The molecule has 0 atom stereocenters. The van der Waals surface area contributed by atoms with Crippen molar-refractivity contribution >= 4 is 11.7 Å². The summed E-state index contributed by atoms with van der Waals surface area (Å²) in [5.74, 6) is 0. The number of nitrogens with zero attached hydrogens (tertiary/aromatic N) is 3. The second-order valence-electron chi connectivity index (χ2n) is 5.37. The summed E-state index contributed by atoms with van der Waals surface area (Å²) in [5.41, 5.74) is 0.385. The second kappa shape index (κ2) is 6.50. The zero-order valence-electron chi connectivity index (χ0n) is 12.3. The fraction of sp³-hybridized carbons (Fsp3) is 0.333. The lowest BCUT2D eigenvalue weighted by Crippen LogP contribution is -3.00. The van der Waals surface area contributed by atoms with Gasteiger partial charge in [-0.2, -0.15) is 17.7 Å². The van der Waals surface area contributed by atoms with Gasteiger partial charge in [0.1, 0.15) is 12.4 Å². The standard InChI is InChI=1S/C15H15F3N3O.HI/c1-19-7-8-20(10-19)14(22)21-6-2-3-11-4-5-12(9-13(11)21)15(16,17)18;/h4-5,7-10H,2-3,6H2,1H3;1H/q+1;/p-1. The lowest BCUT2D eigenvalue weighted by Gasteiger charge is -2.28. The Kier molecular flexibility index (Phi) is 5.02. The Morgan fingerprint density at radius 2 is 2.04 bits per heavy atom. The number of hydrogen-bond donors (Lipinski definition) is 0. The van der Waals surface area contributed by atoms with E-state index in [-0.39, 0.29) is 30.0 Å². The number of imidazole rings is 1. The highest BCUT2D eigenvalue weighted by atomic mass is 127. The highest BCUT2D eigenvalue weighted by molar-refractivity contribution is 5.94. The van der Waals surface area contributed by atoms with Gasteiger partial charge in [0, 0.05) is 6.54 Å². The molecule has 1 aromatic carbocycles. The van der Waals surface area contributed by atoms with Crippen molar-refractivity contribution in [1.29, 1.82) is 0 Å². The third-order valence-corrected chi connectivity index (χ3v) is 3.75. The number of aryl methyl sites for hydroxylation is 2. The number of halogens is 4. The van der Waals surface area contributed by atoms with Crippen LogP contribution in [0.1, 0.15) is 17.5 Å². The molecule has 1 aromatic heterocycles. The van der Waals surface area contributed by atoms with Crippen LogP contribution in [0.5, 0.6) is 0 Å². The van der Waals surface area contributed by atoms with Gasteiger partial charge < -0.3 is 24.0 Å². The average molecular weight is 437 g/mol. The van der Waals surface area contributed by atoms with E-state index in [4.69, 9.17) is 0 Å². The number of rotatable bonds is 0. The molecule has 0 aliphatic carbocycles. The van der Waals surface area contributed by atoms with Gasteiger partial charge in [-0.05, 0) is 30.5 Å². The minimum atomic E-state index is -4.42. The molecule has 0 unspecified atom stereocenters. The summed E-state index contributed by atoms with van der Waals surface area (Å²) in [5, 5.41) is 0. The van der Waals surface area contributed by atoms with Crippen molar-refractivity contribution in [2.45, 2.75) is 19.0 Å². The molecule has 2 heterocycles. The molecule has 0 N–H and O–H groups in total. The highest BCUT2D eigenvalue weighted by Crippen LogP contribution is 2.35. The van der Waals surface area contributed by atoms with E-state index >= 15 is 0 Å². The van der Waals surface area contributed by atoms with Crippen molar-refractivity contribution in [3.8, 4) is 0 Å². The molecule has 4 nitrogen and oxygen atoms in total. The van der Waals surface area contributed by atoms with E-state index in [9.17, 15) is 18.0 Å². The SMILES string of the molecule is C[n+]1ccn(C(=O)N2CCCc3ccc(C(F)(F)F)cc32)c1.[I-]. The highest BCUT2D eigenvalue weighted by Gasteiger charge is 2.34. The molecule has 1 aliphatic rings. The molecule has 0 saturated carbocycles. The smallest absolute Gasteiger partial charge is 0.420 e. The molecule has 0 fully saturated rings. The molecular weight excluding hydrogens is 422 g/mol. The molecule has 1 aliphatic heterocycles. The lowest BCUT2D eigenvalue weighted by atomic mass is 9.99. The van der Waals surface area contributed by atoms with Crippen LogP contribution in [0.15, 0.2) is 36.9 Å². The zero-order chi connectivity index (χ0) is 15.9. The summed E-state index contributed by atoms with van der Waals surface area (Å²) in [7, 11) is 1.77. The number of fused-ring (bicyclic) bond motifs is 1. The van der Waals surface area contributed by atoms with Crippen LogP contribution in [0, 0.1) is 0 Å². The maximum Gasteiger partial charge on any atom is 0.420 e. The zero-order valence-corrected chi connectivity index (χ0v) is 14.5. The Bertz CT molecular complexity index is 727. The fourth-order valence-corrected chi connectivity index (χ4v) is 2.65. The maximum absolute atomic E-state index is 12.9. The molecule has 8 heteroatoms. The van der Waals surface area contributed by atoms with Crippen LogP contribution in [0.4, 0.5) is 23.7 Å². The monoisotopic (exact) mass is 437 g/mol. The van der Waals surface area contributed by atoms with Crippen LogP contribution in [-0.4, -0.2) is 17.1 Å². The van der Waals surface area contributed by atoms with E-state index in [1.54, 1.807) is 30.3 Å². The number of aromatic nitrogens is 2. The predicted molar refractivity (Wildman–Crippen MR) is 73.5 cm³/mol. The third-order valence-electron chi connectivity index (χ3n) is 3.75. The first-order valence-corrected chi connectivity index (χ1v) is 6.91. The van der Waals surface area contributed by atoms with E-state index < -0.39 is 11.7 Å². The van der Waals surface area contributed by atoms with Gasteiger partial charge in [-0.1, -0.05) is 6.07 Å². The Labute approximate surface area is 148 Å².